The average Bonchev–Trinajstić information content (AvgIpc) is 2.73. The second-order valence-electron chi connectivity index (χ2n) is 8.65. The summed E-state index contributed by atoms with van der Waals surface area (Å²) < 4.78 is 7.62. The minimum Gasteiger partial charge on any atom is -0.483 e. The maximum atomic E-state index is 13.3. The van der Waals surface area contributed by atoms with Crippen LogP contribution in [0.15, 0.2) is 44.7 Å². The van der Waals surface area contributed by atoms with Crippen molar-refractivity contribution >= 4 is 50.3 Å². The molecule has 0 aliphatic rings. The summed E-state index contributed by atoms with van der Waals surface area (Å²) in [6.45, 7) is 9.49. The summed E-state index contributed by atoms with van der Waals surface area (Å²) in [6.07, 6.45) is 1.78. The number of hydrogen-bond donors (Lipinski definition) is 0. The molecule has 174 valence electrons. The van der Waals surface area contributed by atoms with Crippen LogP contribution in [-0.4, -0.2) is 26.9 Å². The Morgan fingerprint density at radius 2 is 2.03 bits per heavy atom. The zero-order valence-electron chi connectivity index (χ0n) is 18.9. The Balaban J connectivity index is 2.17. The predicted molar refractivity (Wildman–Crippen MR) is 134 cm³/mol. The maximum Gasteiger partial charge on any atom is 0.313 e. The van der Waals surface area contributed by atoms with Crippen LogP contribution in [0.2, 0.25) is 5.02 Å². The first-order valence-electron chi connectivity index (χ1n) is 10.3. The van der Waals surface area contributed by atoms with E-state index in [1.165, 1.54) is 23.0 Å². The first-order valence-corrected chi connectivity index (χ1v) is 11.5. The lowest BCUT2D eigenvalue weighted by Gasteiger charge is -2.20. The average molecular weight is 536 g/mol. The molecule has 1 atom stereocenters. The summed E-state index contributed by atoms with van der Waals surface area (Å²) in [4.78, 5) is 29.0. The van der Waals surface area contributed by atoms with E-state index >= 15 is 0 Å². The third kappa shape index (κ3) is 5.42. The van der Waals surface area contributed by atoms with Gasteiger partial charge < -0.3 is 4.74 Å². The highest BCUT2D eigenvalue weighted by Crippen LogP contribution is 2.37. The number of nitro groups is 1. The fourth-order valence-corrected chi connectivity index (χ4v) is 3.70. The number of hydrogen-bond acceptors (Lipinski definition) is 6. The zero-order valence-corrected chi connectivity index (χ0v) is 21.3. The van der Waals surface area contributed by atoms with E-state index in [-0.39, 0.29) is 28.1 Å². The highest BCUT2D eigenvalue weighted by Gasteiger charge is 2.24. The molecule has 0 aliphatic carbocycles. The first-order chi connectivity index (χ1) is 15.4. The summed E-state index contributed by atoms with van der Waals surface area (Å²) in [5, 5.41) is 16.5. The van der Waals surface area contributed by atoms with Gasteiger partial charge in [0.1, 0.15) is 5.82 Å². The maximum absolute atomic E-state index is 13.3. The van der Waals surface area contributed by atoms with Crippen LogP contribution in [0, 0.1) is 10.1 Å². The van der Waals surface area contributed by atoms with Gasteiger partial charge >= 0.3 is 5.69 Å². The minimum absolute atomic E-state index is 0.0120. The molecule has 0 saturated carbocycles. The molecule has 0 amide bonds. The molecule has 0 spiro atoms. The molecule has 0 radical (unpaired) electrons. The quantitative estimate of drug-likeness (QED) is 0.216. The smallest absolute Gasteiger partial charge is 0.313 e. The van der Waals surface area contributed by atoms with Crippen LogP contribution in [0.4, 0.5) is 5.69 Å². The Morgan fingerprint density at radius 3 is 2.64 bits per heavy atom. The molecule has 0 unspecified atom stereocenters. The standard InChI is InChI=1S/C23H24BrClN4O4/c1-6-13(2)33-20-17(25)9-14(10-19(20)29(31)32)12-26-28-21(30)16-11-15(24)7-8-18(16)27-22(28)23(3,4)5/h7-13H,6H2,1-5H3/t13-/m1/s1. The summed E-state index contributed by atoms with van der Waals surface area (Å²) >= 11 is 9.69. The number of fused-ring (bicyclic) bond motifs is 1. The van der Waals surface area contributed by atoms with Crippen molar-refractivity contribution in [3.63, 3.8) is 0 Å². The molecule has 1 aromatic heterocycles. The van der Waals surface area contributed by atoms with Gasteiger partial charge in [-0.3, -0.25) is 14.9 Å². The van der Waals surface area contributed by atoms with Gasteiger partial charge in [-0.1, -0.05) is 55.2 Å². The van der Waals surface area contributed by atoms with Crippen molar-refractivity contribution in [2.45, 2.75) is 52.6 Å². The van der Waals surface area contributed by atoms with Gasteiger partial charge in [-0.25, -0.2) is 4.98 Å². The van der Waals surface area contributed by atoms with Crippen molar-refractivity contribution in [1.82, 2.24) is 9.66 Å². The molecule has 2 aromatic carbocycles. The lowest BCUT2D eigenvalue weighted by atomic mass is 9.95. The zero-order chi connectivity index (χ0) is 24.5. The second kappa shape index (κ2) is 9.61. The van der Waals surface area contributed by atoms with Crippen LogP contribution in [0.5, 0.6) is 5.75 Å². The van der Waals surface area contributed by atoms with E-state index < -0.39 is 10.3 Å². The first kappa shape index (κ1) is 24.9. The van der Waals surface area contributed by atoms with Crippen molar-refractivity contribution in [1.29, 1.82) is 0 Å². The molecule has 0 saturated heterocycles. The lowest BCUT2D eigenvalue weighted by molar-refractivity contribution is -0.386. The van der Waals surface area contributed by atoms with E-state index in [0.29, 0.717) is 28.7 Å². The molecule has 3 aromatic rings. The second-order valence-corrected chi connectivity index (χ2v) is 9.98. The molecule has 1 heterocycles. The van der Waals surface area contributed by atoms with Gasteiger partial charge in [0.05, 0.1) is 33.2 Å². The van der Waals surface area contributed by atoms with Gasteiger partial charge in [0.25, 0.3) is 5.56 Å². The largest absolute Gasteiger partial charge is 0.483 e. The van der Waals surface area contributed by atoms with E-state index in [9.17, 15) is 14.9 Å². The Labute approximate surface area is 204 Å². The minimum atomic E-state index is -0.553. The van der Waals surface area contributed by atoms with E-state index in [0.717, 1.165) is 4.47 Å². The van der Waals surface area contributed by atoms with Crippen molar-refractivity contribution in [3.8, 4) is 5.75 Å². The molecule has 3 rings (SSSR count). The molecule has 0 bridgehead atoms. The van der Waals surface area contributed by atoms with Gasteiger partial charge in [0.2, 0.25) is 5.75 Å². The Hall–Kier alpha value is -2.78. The van der Waals surface area contributed by atoms with Gasteiger partial charge in [0, 0.05) is 21.5 Å². The van der Waals surface area contributed by atoms with Crippen LogP contribution in [0.25, 0.3) is 10.9 Å². The normalized spacial score (nSPS) is 12.9. The third-order valence-corrected chi connectivity index (χ3v) is 5.71. The molecule has 0 fully saturated rings. The van der Waals surface area contributed by atoms with Crippen molar-refractivity contribution in [2.24, 2.45) is 5.10 Å². The van der Waals surface area contributed by atoms with E-state index in [4.69, 9.17) is 16.3 Å². The van der Waals surface area contributed by atoms with Gasteiger partial charge in [0.15, 0.2) is 0 Å². The molecular weight excluding hydrogens is 512 g/mol. The van der Waals surface area contributed by atoms with Crippen LogP contribution in [0.1, 0.15) is 52.4 Å². The third-order valence-electron chi connectivity index (χ3n) is 4.94. The van der Waals surface area contributed by atoms with Gasteiger partial charge in [-0.05, 0) is 37.6 Å². The Morgan fingerprint density at radius 1 is 1.33 bits per heavy atom. The monoisotopic (exact) mass is 534 g/mol. The summed E-state index contributed by atoms with van der Waals surface area (Å²) in [5.41, 5.74) is -0.197. The van der Waals surface area contributed by atoms with Crippen LogP contribution >= 0.6 is 27.5 Å². The van der Waals surface area contributed by atoms with Crippen molar-refractivity contribution in [3.05, 3.63) is 71.7 Å². The van der Waals surface area contributed by atoms with E-state index in [2.05, 4.69) is 26.0 Å². The number of halogens is 2. The Bertz CT molecular complexity index is 1310. The Kier molecular flexibility index (Phi) is 7.23. The molecule has 0 N–H and O–H groups in total. The number of rotatable bonds is 6. The number of nitro benzene ring substituents is 1. The summed E-state index contributed by atoms with van der Waals surface area (Å²) in [6, 6.07) is 8.11. The molecule has 10 heteroatoms. The number of benzene rings is 2. The van der Waals surface area contributed by atoms with Crippen LogP contribution < -0.4 is 10.3 Å². The van der Waals surface area contributed by atoms with E-state index in [1.807, 2.05) is 33.8 Å². The SMILES string of the molecule is CC[C@@H](C)Oc1c(Cl)cc(C=Nn2c(C(C)(C)C)nc3ccc(Br)cc3c2=O)cc1[N+](=O)[O-]. The van der Waals surface area contributed by atoms with Crippen LogP contribution in [0.3, 0.4) is 0 Å². The molecular formula is C23H24BrClN4O4. The van der Waals surface area contributed by atoms with Gasteiger partial charge in [-0.2, -0.15) is 9.78 Å². The van der Waals surface area contributed by atoms with Crippen LogP contribution in [-0.2, 0) is 5.41 Å². The number of aromatic nitrogens is 2. The van der Waals surface area contributed by atoms with Crippen molar-refractivity contribution < 1.29 is 9.66 Å². The predicted octanol–water partition coefficient (Wildman–Crippen LogP) is 6.08. The number of nitrogens with zero attached hydrogens (tertiary/aromatic N) is 4. The lowest BCUT2D eigenvalue weighted by Crippen LogP contribution is -2.29. The molecule has 33 heavy (non-hydrogen) atoms. The highest BCUT2D eigenvalue weighted by atomic mass is 79.9. The fourth-order valence-electron chi connectivity index (χ4n) is 3.08. The number of ether oxygens (including phenoxy) is 1. The molecule has 8 nitrogen and oxygen atoms in total. The van der Waals surface area contributed by atoms with E-state index in [1.54, 1.807) is 19.1 Å². The highest BCUT2D eigenvalue weighted by molar-refractivity contribution is 9.10. The van der Waals surface area contributed by atoms with Crippen molar-refractivity contribution in [2.75, 3.05) is 0 Å². The summed E-state index contributed by atoms with van der Waals surface area (Å²) in [5.74, 6) is 0.467. The summed E-state index contributed by atoms with van der Waals surface area (Å²) in [7, 11) is 0. The fraction of sp³-hybridized carbons (Fsp3) is 0.348. The van der Waals surface area contributed by atoms with Gasteiger partial charge in [-0.15, -0.1) is 0 Å². The topological polar surface area (TPSA) is 99.6 Å². The molecule has 0 aliphatic heterocycles.